The second-order valence-electron chi connectivity index (χ2n) is 13.7. The lowest BCUT2D eigenvalue weighted by Crippen LogP contribution is -2.47. The number of ether oxygens (including phenoxy) is 3. The van der Waals surface area contributed by atoms with Gasteiger partial charge in [-0.05, 0) is 57.1 Å². The SMILES string of the molecule is CCCCCCO[C@H]1CC(=O)O[C@H](/C(C)=C/c2csc(N)n2)C/C=C(/C)C/C=C\C[C@H](C)[C@H](OCCCCC)[C@@H](C)C(=O)C1(C)C. The quantitative estimate of drug-likeness (QED) is 0.128. The molecular weight excluding hydrogens is 596 g/mol. The van der Waals surface area contributed by atoms with E-state index in [4.69, 9.17) is 19.9 Å². The molecule has 1 aromatic rings. The van der Waals surface area contributed by atoms with Gasteiger partial charge in [-0.25, -0.2) is 4.98 Å². The molecule has 0 saturated heterocycles. The van der Waals surface area contributed by atoms with Crippen LogP contribution in [-0.2, 0) is 23.8 Å². The molecule has 0 saturated carbocycles. The number of nitrogens with two attached hydrogens (primary N) is 1. The number of esters is 1. The van der Waals surface area contributed by atoms with E-state index in [1.807, 2.05) is 39.2 Å². The van der Waals surface area contributed by atoms with Crippen molar-refractivity contribution in [1.29, 1.82) is 0 Å². The van der Waals surface area contributed by atoms with E-state index in [0.29, 0.717) is 24.8 Å². The fourth-order valence-corrected chi connectivity index (χ4v) is 6.55. The number of thiazole rings is 1. The summed E-state index contributed by atoms with van der Waals surface area (Å²) >= 11 is 1.38. The fourth-order valence-electron chi connectivity index (χ4n) is 6.03. The van der Waals surface area contributed by atoms with Crippen LogP contribution < -0.4 is 5.73 Å². The van der Waals surface area contributed by atoms with Crippen molar-refractivity contribution in [3.63, 3.8) is 0 Å². The number of ketones is 1. The molecule has 2 N–H and O–H groups in total. The van der Waals surface area contributed by atoms with Gasteiger partial charge in [-0.3, -0.25) is 9.59 Å². The van der Waals surface area contributed by atoms with E-state index < -0.39 is 17.6 Å². The van der Waals surface area contributed by atoms with Crippen molar-refractivity contribution < 1.29 is 23.8 Å². The summed E-state index contributed by atoms with van der Waals surface area (Å²) in [6.45, 7) is 17.6. The molecular formula is C38H62N2O5S. The summed E-state index contributed by atoms with van der Waals surface area (Å²) in [5.41, 5.74) is 7.77. The smallest absolute Gasteiger partial charge is 0.309 e. The van der Waals surface area contributed by atoms with Crippen molar-refractivity contribution in [3.8, 4) is 0 Å². The summed E-state index contributed by atoms with van der Waals surface area (Å²) in [6.07, 6.45) is 16.7. The van der Waals surface area contributed by atoms with Crippen molar-refractivity contribution in [2.24, 2.45) is 17.3 Å². The molecule has 0 aliphatic carbocycles. The maximum absolute atomic E-state index is 14.4. The van der Waals surface area contributed by atoms with Gasteiger partial charge in [0, 0.05) is 30.9 Å². The predicted molar refractivity (Wildman–Crippen MR) is 192 cm³/mol. The highest BCUT2D eigenvalue weighted by Gasteiger charge is 2.44. The van der Waals surface area contributed by atoms with Crippen molar-refractivity contribution >= 4 is 34.3 Å². The topological polar surface area (TPSA) is 101 Å². The Labute approximate surface area is 283 Å². The first kappa shape index (κ1) is 39.9. The standard InChI is InChI=1S/C38H62N2O5S/c1-9-11-13-17-22-43-33-25-34(41)45-32(29(5)24-31-26-46-37(39)40-31)21-20-27(3)18-14-15-19-28(4)35(44-23-16-12-10-2)30(6)36(42)38(33,7)8/h14-15,20,24,26,28,30,32-33,35H,9-13,16-19,21-23,25H2,1-8H3,(H2,39,40)/b15-14-,27-20-,29-24+/t28-,30+,32-,33-,35-/m0/s1. The number of allylic oxidation sites excluding steroid dienone is 3. The molecule has 0 amide bonds. The highest BCUT2D eigenvalue weighted by molar-refractivity contribution is 7.13. The Morgan fingerprint density at radius 3 is 2.39 bits per heavy atom. The Morgan fingerprint density at radius 2 is 1.72 bits per heavy atom. The number of nitrogens with zero attached hydrogens (tertiary/aromatic N) is 1. The summed E-state index contributed by atoms with van der Waals surface area (Å²) in [7, 11) is 0. The van der Waals surface area contributed by atoms with Gasteiger partial charge < -0.3 is 19.9 Å². The van der Waals surface area contributed by atoms with Crippen LogP contribution in [0.15, 0.2) is 34.8 Å². The van der Waals surface area contributed by atoms with Gasteiger partial charge in [-0.1, -0.05) is 97.4 Å². The van der Waals surface area contributed by atoms with Gasteiger partial charge in [0.1, 0.15) is 11.9 Å². The van der Waals surface area contributed by atoms with Crippen LogP contribution in [0.25, 0.3) is 6.08 Å². The Kier molecular flexibility index (Phi) is 18.1. The molecule has 0 unspecified atom stereocenters. The number of carbonyl (C=O) groups excluding carboxylic acids is 2. The molecule has 8 heteroatoms. The van der Waals surface area contributed by atoms with Crippen LogP contribution in [0.2, 0.25) is 0 Å². The van der Waals surface area contributed by atoms with E-state index in [1.54, 1.807) is 0 Å². The zero-order valence-corrected chi connectivity index (χ0v) is 30.8. The molecule has 7 nitrogen and oxygen atoms in total. The summed E-state index contributed by atoms with van der Waals surface area (Å²) in [4.78, 5) is 32.4. The minimum Gasteiger partial charge on any atom is -0.457 e. The van der Waals surface area contributed by atoms with Crippen molar-refractivity contribution in [2.75, 3.05) is 18.9 Å². The Bertz CT molecular complexity index is 1150. The molecule has 0 bridgehead atoms. The average Bonchev–Trinajstić information content (AvgIpc) is 3.43. The van der Waals surface area contributed by atoms with Gasteiger partial charge in [-0.15, -0.1) is 11.3 Å². The first-order valence-corrected chi connectivity index (χ1v) is 18.4. The molecule has 2 rings (SSSR count). The van der Waals surface area contributed by atoms with Crippen LogP contribution in [0, 0.1) is 17.3 Å². The van der Waals surface area contributed by atoms with Crippen LogP contribution in [-0.4, -0.2) is 48.3 Å². The Morgan fingerprint density at radius 1 is 1.04 bits per heavy atom. The van der Waals surface area contributed by atoms with Crippen LogP contribution in [0.1, 0.15) is 132 Å². The van der Waals surface area contributed by atoms with Crippen molar-refractivity contribution in [1.82, 2.24) is 4.98 Å². The number of hydrogen-bond acceptors (Lipinski definition) is 8. The number of aromatic nitrogens is 1. The molecule has 2 heterocycles. The molecule has 46 heavy (non-hydrogen) atoms. The number of cyclic esters (lactones) is 1. The third-order valence-electron chi connectivity index (χ3n) is 9.13. The van der Waals surface area contributed by atoms with Crippen LogP contribution in [0.3, 0.4) is 0 Å². The Balaban J connectivity index is 2.45. The van der Waals surface area contributed by atoms with Gasteiger partial charge in [0.15, 0.2) is 5.13 Å². The predicted octanol–water partition coefficient (Wildman–Crippen LogP) is 9.53. The monoisotopic (exact) mass is 658 g/mol. The molecule has 260 valence electrons. The molecule has 5 atom stereocenters. The number of anilines is 1. The molecule has 1 aromatic heterocycles. The van der Waals surface area contributed by atoms with Crippen molar-refractivity contribution in [3.05, 3.63) is 40.4 Å². The molecule has 0 spiro atoms. The molecule has 0 radical (unpaired) electrons. The third kappa shape index (κ3) is 13.4. The highest BCUT2D eigenvalue weighted by Crippen LogP contribution is 2.35. The summed E-state index contributed by atoms with van der Waals surface area (Å²) in [6, 6.07) is 0. The molecule has 1 aliphatic rings. The zero-order chi connectivity index (χ0) is 34.1. The highest BCUT2D eigenvalue weighted by atomic mass is 32.1. The number of nitrogen functional groups attached to an aromatic ring is 1. The number of hydrogen-bond donors (Lipinski definition) is 1. The number of unbranched alkanes of at least 4 members (excludes halogenated alkanes) is 5. The van der Waals surface area contributed by atoms with Gasteiger partial charge >= 0.3 is 5.97 Å². The molecule has 1 aliphatic heterocycles. The van der Waals surface area contributed by atoms with E-state index >= 15 is 0 Å². The second-order valence-corrected chi connectivity index (χ2v) is 14.6. The van der Waals surface area contributed by atoms with E-state index in [-0.39, 0.29) is 36.1 Å². The molecule has 0 aromatic carbocycles. The molecule has 0 fully saturated rings. The Hall–Kier alpha value is -2.29. The maximum Gasteiger partial charge on any atom is 0.309 e. The second kappa shape index (κ2) is 20.8. The minimum absolute atomic E-state index is 0.00546. The van der Waals surface area contributed by atoms with Gasteiger partial charge in [0.2, 0.25) is 0 Å². The normalized spacial score (nSPS) is 27.4. The summed E-state index contributed by atoms with van der Waals surface area (Å²) in [5, 5.41) is 2.39. The lowest BCUT2D eigenvalue weighted by atomic mass is 9.73. The number of carbonyl (C=O) groups is 2. The number of Topliss-reactive ketones (excluding diaryl/α,β-unsaturated/α-hetero) is 1. The summed E-state index contributed by atoms with van der Waals surface area (Å²) < 4.78 is 19.1. The van der Waals surface area contributed by atoms with Gasteiger partial charge in [0.25, 0.3) is 0 Å². The van der Waals surface area contributed by atoms with E-state index in [1.165, 1.54) is 16.9 Å². The van der Waals surface area contributed by atoms with Gasteiger partial charge in [0.05, 0.1) is 29.7 Å². The first-order valence-electron chi connectivity index (χ1n) is 17.6. The van der Waals surface area contributed by atoms with E-state index in [0.717, 1.165) is 69.1 Å². The van der Waals surface area contributed by atoms with Crippen LogP contribution in [0.5, 0.6) is 0 Å². The third-order valence-corrected chi connectivity index (χ3v) is 9.82. The first-order chi connectivity index (χ1) is 21.9. The van der Waals surface area contributed by atoms with Crippen molar-refractivity contribution in [2.45, 2.75) is 144 Å². The maximum atomic E-state index is 14.4. The zero-order valence-electron chi connectivity index (χ0n) is 29.9. The average molecular weight is 659 g/mol. The van der Waals surface area contributed by atoms with E-state index in [2.05, 4.69) is 50.9 Å². The lowest BCUT2D eigenvalue weighted by molar-refractivity contribution is -0.158. The largest absolute Gasteiger partial charge is 0.457 e. The van der Waals surface area contributed by atoms with Crippen LogP contribution >= 0.6 is 11.3 Å². The van der Waals surface area contributed by atoms with Crippen LogP contribution in [0.4, 0.5) is 5.13 Å². The lowest BCUT2D eigenvalue weighted by Gasteiger charge is -2.38. The van der Waals surface area contributed by atoms with E-state index in [9.17, 15) is 9.59 Å². The fraction of sp³-hybridized carbons (Fsp3) is 0.711. The van der Waals surface area contributed by atoms with Gasteiger partial charge in [-0.2, -0.15) is 0 Å². The summed E-state index contributed by atoms with van der Waals surface area (Å²) in [5.74, 6) is -0.518. The number of rotatable bonds is 13. The minimum atomic E-state index is -0.924.